The van der Waals surface area contributed by atoms with E-state index in [-0.39, 0.29) is 20.8 Å². The highest BCUT2D eigenvalue weighted by atomic mass is 35.5. The Morgan fingerprint density at radius 2 is 2.00 bits per heavy atom. The van der Waals surface area contributed by atoms with Crippen molar-refractivity contribution in [2.45, 2.75) is 25.7 Å². The number of pyridine rings is 1. The molecule has 0 bridgehead atoms. The third-order valence-corrected chi connectivity index (χ3v) is 6.43. The van der Waals surface area contributed by atoms with Crippen molar-refractivity contribution in [2.24, 2.45) is 0 Å². The van der Waals surface area contributed by atoms with Gasteiger partial charge in [0.05, 0.1) is 20.6 Å². The summed E-state index contributed by atoms with van der Waals surface area (Å²) in [5, 5.41) is 12.5. The molecule has 0 unspecified atom stereocenters. The van der Waals surface area contributed by atoms with Crippen LogP contribution in [0.15, 0.2) is 6.20 Å². The van der Waals surface area contributed by atoms with E-state index in [1.54, 1.807) is 0 Å². The average Bonchev–Trinajstić information content (AvgIpc) is 3.01. The van der Waals surface area contributed by atoms with Crippen LogP contribution in [0.1, 0.15) is 39.3 Å². The Labute approximate surface area is 174 Å². The maximum Gasteiger partial charge on any atom is 0.359 e. The number of ether oxygens (including phenoxy) is 1. The lowest BCUT2D eigenvalue weighted by molar-refractivity contribution is -0.119. The summed E-state index contributed by atoms with van der Waals surface area (Å²) in [4.78, 5) is 29.1. The molecule has 0 radical (unpaired) electrons. The molecule has 2 heterocycles. The Bertz CT molecular complexity index is 969. The zero-order valence-corrected chi connectivity index (χ0v) is 16.9. The fraction of sp³-hybridized carbons (Fsp3) is 0.294. The number of thiophene rings is 1. The molecule has 0 fully saturated rings. The SMILES string of the molecule is N#Cc1c(NC(=O)COC(=O)c2ncc(Cl)c(Cl)c2Cl)sc2c1CCCC2. The minimum absolute atomic E-state index is 0.0208. The summed E-state index contributed by atoms with van der Waals surface area (Å²) in [5.74, 6) is -1.46. The zero-order valence-electron chi connectivity index (χ0n) is 13.8. The smallest absolute Gasteiger partial charge is 0.359 e. The molecule has 2 aromatic rings. The van der Waals surface area contributed by atoms with E-state index in [9.17, 15) is 14.9 Å². The van der Waals surface area contributed by atoms with Crippen LogP contribution < -0.4 is 5.32 Å². The van der Waals surface area contributed by atoms with Gasteiger partial charge in [-0.15, -0.1) is 11.3 Å². The van der Waals surface area contributed by atoms with E-state index >= 15 is 0 Å². The molecule has 0 spiro atoms. The molecular formula is C17H12Cl3N3O3S. The van der Waals surface area contributed by atoms with Gasteiger partial charge in [-0.3, -0.25) is 4.79 Å². The number of rotatable bonds is 4. The van der Waals surface area contributed by atoms with Gasteiger partial charge in [-0.1, -0.05) is 34.8 Å². The van der Waals surface area contributed by atoms with Crippen LogP contribution in [0, 0.1) is 11.3 Å². The van der Waals surface area contributed by atoms with Crippen LogP contribution in [0.4, 0.5) is 5.00 Å². The summed E-state index contributed by atoms with van der Waals surface area (Å²) in [6, 6.07) is 2.15. The first kappa shape index (κ1) is 19.9. The molecule has 0 aliphatic heterocycles. The minimum atomic E-state index is -0.903. The first-order valence-electron chi connectivity index (χ1n) is 7.93. The van der Waals surface area contributed by atoms with Crippen molar-refractivity contribution in [3.05, 3.63) is 43.0 Å². The number of halogens is 3. The molecular weight excluding hydrogens is 433 g/mol. The lowest BCUT2D eigenvalue weighted by Gasteiger charge is -2.09. The largest absolute Gasteiger partial charge is 0.451 e. The van der Waals surface area contributed by atoms with Crippen molar-refractivity contribution in [3.8, 4) is 6.07 Å². The fourth-order valence-corrected chi connectivity index (χ4v) is 4.53. The highest BCUT2D eigenvalue weighted by Crippen LogP contribution is 2.37. The quantitative estimate of drug-likeness (QED) is 0.693. The molecule has 27 heavy (non-hydrogen) atoms. The van der Waals surface area contributed by atoms with Gasteiger partial charge in [0.15, 0.2) is 12.3 Å². The van der Waals surface area contributed by atoms with Crippen molar-refractivity contribution in [1.29, 1.82) is 5.26 Å². The maximum absolute atomic E-state index is 12.1. The molecule has 1 N–H and O–H groups in total. The van der Waals surface area contributed by atoms with Crippen molar-refractivity contribution >= 4 is 63.0 Å². The van der Waals surface area contributed by atoms with E-state index in [1.165, 1.54) is 17.5 Å². The molecule has 0 saturated heterocycles. The molecule has 10 heteroatoms. The Morgan fingerprint density at radius 3 is 2.74 bits per heavy atom. The van der Waals surface area contributed by atoms with Gasteiger partial charge >= 0.3 is 5.97 Å². The van der Waals surface area contributed by atoms with E-state index in [2.05, 4.69) is 16.4 Å². The number of aromatic nitrogens is 1. The highest BCUT2D eigenvalue weighted by Gasteiger charge is 2.23. The van der Waals surface area contributed by atoms with Gasteiger partial charge in [0.25, 0.3) is 5.91 Å². The van der Waals surface area contributed by atoms with E-state index in [1.807, 2.05) is 0 Å². The zero-order chi connectivity index (χ0) is 19.6. The van der Waals surface area contributed by atoms with Gasteiger partial charge in [-0.25, -0.2) is 9.78 Å². The molecule has 1 amide bonds. The second kappa shape index (κ2) is 8.44. The number of carbonyl (C=O) groups excluding carboxylic acids is 2. The Kier molecular flexibility index (Phi) is 6.22. The number of aryl methyl sites for hydroxylation is 1. The molecule has 3 rings (SSSR count). The number of hydrogen-bond donors (Lipinski definition) is 1. The van der Waals surface area contributed by atoms with Gasteiger partial charge in [0.2, 0.25) is 0 Å². The normalized spacial score (nSPS) is 12.8. The topological polar surface area (TPSA) is 92.1 Å². The number of hydrogen-bond acceptors (Lipinski definition) is 6. The van der Waals surface area contributed by atoms with Gasteiger partial charge < -0.3 is 10.1 Å². The standard InChI is InChI=1S/C17H12Cl3N3O3S/c18-10-6-22-15(14(20)13(10)19)17(25)26-7-12(24)23-16-9(5-21)8-3-1-2-4-11(8)27-16/h6H,1-4,7H2,(H,23,24). The van der Waals surface area contributed by atoms with E-state index in [0.29, 0.717) is 10.6 Å². The predicted molar refractivity (Wildman–Crippen MR) is 104 cm³/mol. The van der Waals surface area contributed by atoms with Crippen LogP contribution in [-0.2, 0) is 22.4 Å². The Morgan fingerprint density at radius 1 is 1.26 bits per heavy atom. The van der Waals surface area contributed by atoms with Crippen LogP contribution in [0.25, 0.3) is 0 Å². The number of esters is 1. The van der Waals surface area contributed by atoms with E-state index in [4.69, 9.17) is 39.5 Å². The molecule has 0 saturated carbocycles. The number of nitrogens with one attached hydrogen (secondary N) is 1. The summed E-state index contributed by atoms with van der Waals surface area (Å²) >= 11 is 18.9. The van der Waals surface area contributed by atoms with Gasteiger partial charge in [-0.2, -0.15) is 5.26 Å². The van der Waals surface area contributed by atoms with Crippen LogP contribution >= 0.6 is 46.1 Å². The lowest BCUT2D eigenvalue weighted by Crippen LogP contribution is -2.21. The van der Waals surface area contributed by atoms with Gasteiger partial charge in [0, 0.05) is 11.1 Å². The molecule has 1 aliphatic carbocycles. The highest BCUT2D eigenvalue weighted by molar-refractivity contribution is 7.16. The summed E-state index contributed by atoms with van der Waals surface area (Å²) in [5.41, 5.74) is 1.26. The van der Waals surface area contributed by atoms with Gasteiger partial charge in [-0.05, 0) is 31.2 Å². The Hall–Kier alpha value is -1.85. The third-order valence-electron chi connectivity index (χ3n) is 3.98. The first-order valence-corrected chi connectivity index (χ1v) is 9.88. The van der Waals surface area contributed by atoms with Crippen molar-refractivity contribution in [3.63, 3.8) is 0 Å². The minimum Gasteiger partial charge on any atom is -0.451 e. The average molecular weight is 445 g/mol. The molecule has 0 aromatic carbocycles. The van der Waals surface area contributed by atoms with Gasteiger partial charge in [0.1, 0.15) is 11.1 Å². The van der Waals surface area contributed by atoms with E-state index in [0.717, 1.165) is 36.1 Å². The molecule has 0 atom stereocenters. The molecule has 2 aromatic heterocycles. The van der Waals surface area contributed by atoms with Crippen LogP contribution in [0.3, 0.4) is 0 Å². The van der Waals surface area contributed by atoms with Crippen LogP contribution in [0.2, 0.25) is 15.1 Å². The predicted octanol–water partition coefficient (Wildman–Crippen LogP) is 4.65. The number of nitrogens with zero attached hydrogens (tertiary/aromatic N) is 2. The fourth-order valence-electron chi connectivity index (χ4n) is 2.72. The van der Waals surface area contributed by atoms with Crippen LogP contribution in [0.5, 0.6) is 0 Å². The lowest BCUT2D eigenvalue weighted by atomic mass is 9.96. The van der Waals surface area contributed by atoms with Crippen molar-refractivity contribution in [1.82, 2.24) is 4.98 Å². The number of fused-ring (bicyclic) bond motifs is 1. The van der Waals surface area contributed by atoms with Crippen molar-refractivity contribution < 1.29 is 14.3 Å². The number of amides is 1. The summed E-state index contributed by atoms with van der Waals surface area (Å²) in [6.07, 6.45) is 5.01. The monoisotopic (exact) mass is 443 g/mol. The third kappa shape index (κ3) is 4.19. The van der Waals surface area contributed by atoms with Crippen molar-refractivity contribution in [2.75, 3.05) is 11.9 Å². The molecule has 1 aliphatic rings. The molecule has 140 valence electrons. The molecule has 6 nitrogen and oxygen atoms in total. The first-order chi connectivity index (χ1) is 12.9. The van der Waals surface area contributed by atoms with Crippen LogP contribution in [-0.4, -0.2) is 23.5 Å². The second-order valence-corrected chi connectivity index (χ2v) is 8.00. The second-order valence-electron chi connectivity index (χ2n) is 5.73. The summed E-state index contributed by atoms with van der Waals surface area (Å²) in [7, 11) is 0. The number of carbonyl (C=O) groups is 2. The summed E-state index contributed by atoms with van der Waals surface area (Å²) < 4.78 is 4.94. The Balaban J connectivity index is 1.66. The maximum atomic E-state index is 12.1. The summed E-state index contributed by atoms with van der Waals surface area (Å²) in [6.45, 7) is -0.551. The number of nitriles is 1. The number of anilines is 1. The van der Waals surface area contributed by atoms with E-state index < -0.39 is 18.5 Å².